The highest BCUT2D eigenvalue weighted by Gasteiger charge is 2.16. The Morgan fingerprint density at radius 2 is 1.82 bits per heavy atom. The second-order valence-electron chi connectivity index (χ2n) is 8.22. The summed E-state index contributed by atoms with van der Waals surface area (Å²) in [5, 5.41) is 14.2. The predicted octanol–water partition coefficient (Wildman–Crippen LogP) is 2.82. The van der Waals surface area contributed by atoms with Crippen LogP contribution in [-0.2, 0) is 24.2 Å². The van der Waals surface area contributed by atoms with Gasteiger partial charge in [0.15, 0.2) is 5.82 Å². The van der Waals surface area contributed by atoms with Crippen LogP contribution in [0.2, 0.25) is 0 Å². The highest BCUT2D eigenvalue weighted by atomic mass is 16.1. The van der Waals surface area contributed by atoms with Crippen molar-refractivity contribution in [2.75, 3.05) is 0 Å². The third kappa shape index (κ3) is 4.93. The Morgan fingerprint density at radius 1 is 1.09 bits per heavy atom. The minimum atomic E-state index is -0.542. The fraction of sp³-hybridized carbons (Fsp3) is 0.280. The van der Waals surface area contributed by atoms with Crippen molar-refractivity contribution >= 4 is 5.91 Å². The maximum atomic E-state index is 13.3. The Morgan fingerprint density at radius 3 is 2.47 bits per heavy atom. The molecule has 0 saturated carbocycles. The number of aromatic amines is 1. The van der Waals surface area contributed by atoms with Gasteiger partial charge >= 0.3 is 0 Å². The molecule has 1 amide bonds. The second-order valence-corrected chi connectivity index (χ2v) is 8.22. The first-order valence-electron chi connectivity index (χ1n) is 11.3. The van der Waals surface area contributed by atoms with Crippen LogP contribution in [-0.4, -0.2) is 36.1 Å². The molecule has 0 bridgehead atoms. The van der Waals surface area contributed by atoms with Gasteiger partial charge in [-0.05, 0) is 40.5 Å². The number of hydrogen-bond donors (Lipinski definition) is 2. The zero-order chi connectivity index (χ0) is 24.1. The number of hydrogen-bond acceptors (Lipinski definition) is 6. The molecule has 0 aliphatic rings. The van der Waals surface area contributed by atoms with E-state index in [-0.39, 0.29) is 12.0 Å². The van der Waals surface area contributed by atoms with E-state index in [0.29, 0.717) is 30.0 Å². The van der Waals surface area contributed by atoms with Gasteiger partial charge in [-0.25, -0.2) is 10.1 Å². The molecule has 0 aliphatic heterocycles. The Hall–Kier alpha value is -4.14. The second kappa shape index (κ2) is 10.2. The van der Waals surface area contributed by atoms with Crippen LogP contribution >= 0.6 is 0 Å². The fourth-order valence-electron chi connectivity index (χ4n) is 4.01. The van der Waals surface area contributed by atoms with Crippen molar-refractivity contribution in [3.63, 3.8) is 0 Å². The summed E-state index contributed by atoms with van der Waals surface area (Å²) in [5.41, 5.74) is 9.96. The van der Waals surface area contributed by atoms with E-state index in [0.717, 1.165) is 40.9 Å². The van der Waals surface area contributed by atoms with E-state index in [9.17, 15) is 9.59 Å². The van der Waals surface area contributed by atoms with Crippen molar-refractivity contribution < 1.29 is 4.79 Å². The number of H-pyrrole nitrogens is 1. The van der Waals surface area contributed by atoms with E-state index in [1.165, 1.54) is 0 Å². The molecule has 0 unspecified atom stereocenters. The van der Waals surface area contributed by atoms with Crippen LogP contribution in [0.15, 0.2) is 53.3 Å². The minimum absolute atomic E-state index is 0.113. The SMILES string of the molecule is CCCCc1nc(C)c(CC(N)=O)c(=O)n1Cc1ccc(-c2ccccc2-c2nnn[nH]2)cc1. The van der Waals surface area contributed by atoms with Crippen LogP contribution in [0.25, 0.3) is 22.5 Å². The first-order valence-corrected chi connectivity index (χ1v) is 11.3. The van der Waals surface area contributed by atoms with Gasteiger partial charge in [0, 0.05) is 23.2 Å². The van der Waals surface area contributed by atoms with Gasteiger partial charge in [-0.15, -0.1) is 5.10 Å². The molecule has 0 saturated heterocycles. The van der Waals surface area contributed by atoms with E-state index in [1.54, 1.807) is 11.5 Å². The number of benzene rings is 2. The largest absolute Gasteiger partial charge is 0.369 e. The quantitative estimate of drug-likeness (QED) is 0.397. The standard InChI is InChI=1S/C25H27N7O2/c1-3-4-9-23-27-16(2)21(14-22(26)33)25(34)32(23)15-17-10-12-18(13-11-17)19-7-5-6-8-20(19)24-28-30-31-29-24/h5-8,10-13H,3-4,9,14-15H2,1-2H3,(H2,26,33)(H,28,29,30,31). The van der Waals surface area contributed by atoms with Crippen molar-refractivity contribution in [1.29, 1.82) is 0 Å². The van der Waals surface area contributed by atoms with Crippen molar-refractivity contribution in [3.8, 4) is 22.5 Å². The van der Waals surface area contributed by atoms with Crippen LogP contribution in [0.1, 0.15) is 42.4 Å². The number of nitrogens with one attached hydrogen (secondary N) is 1. The monoisotopic (exact) mass is 457 g/mol. The van der Waals surface area contributed by atoms with E-state index >= 15 is 0 Å². The average molecular weight is 458 g/mol. The summed E-state index contributed by atoms with van der Waals surface area (Å²) in [5.74, 6) is 0.782. The smallest absolute Gasteiger partial charge is 0.257 e. The average Bonchev–Trinajstić information content (AvgIpc) is 3.38. The zero-order valence-corrected chi connectivity index (χ0v) is 19.3. The Kier molecular flexibility index (Phi) is 6.91. The topological polar surface area (TPSA) is 132 Å². The van der Waals surface area contributed by atoms with Crippen LogP contribution in [0, 0.1) is 6.92 Å². The van der Waals surface area contributed by atoms with Crippen LogP contribution in [0.3, 0.4) is 0 Å². The number of aromatic nitrogens is 6. The number of amides is 1. The number of tetrazole rings is 1. The van der Waals surface area contributed by atoms with Crippen molar-refractivity contribution in [1.82, 2.24) is 30.2 Å². The molecule has 2 heterocycles. The van der Waals surface area contributed by atoms with E-state index in [2.05, 4.69) is 32.5 Å². The summed E-state index contributed by atoms with van der Waals surface area (Å²) in [6.45, 7) is 4.23. The lowest BCUT2D eigenvalue weighted by Crippen LogP contribution is -2.32. The third-order valence-corrected chi connectivity index (χ3v) is 5.79. The molecule has 4 rings (SSSR count). The first kappa shape index (κ1) is 23.0. The summed E-state index contributed by atoms with van der Waals surface area (Å²) in [6, 6.07) is 15.9. The lowest BCUT2D eigenvalue weighted by atomic mass is 9.98. The molecule has 0 spiro atoms. The zero-order valence-electron chi connectivity index (χ0n) is 19.3. The van der Waals surface area contributed by atoms with Crippen LogP contribution < -0.4 is 11.3 Å². The molecule has 0 atom stereocenters. The van der Waals surface area contributed by atoms with Crippen LogP contribution in [0.4, 0.5) is 0 Å². The molecular formula is C25H27N7O2. The van der Waals surface area contributed by atoms with E-state index < -0.39 is 5.91 Å². The summed E-state index contributed by atoms with van der Waals surface area (Å²) in [4.78, 5) is 29.4. The molecule has 2 aromatic heterocycles. The molecule has 174 valence electrons. The number of nitrogens with two attached hydrogens (primary N) is 1. The first-order chi connectivity index (χ1) is 16.5. The van der Waals surface area contributed by atoms with Gasteiger partial charge < -0.3 is 5.73 Å². The fourth-order valence-corrected chi connectivity index (χ4v) is 4.01. The van der Waals surface area contributed by atoms with Crippen molar-refractivity contribution in [2.24, 2.45) is 5.73 Å². The lowest BCUT2D eigenvalue weighted by Gasteiger charge is -2.16. The highest BCUT2D eigenvalue weighted by molar-refractivity contribution is 5.80. The van der Waals surface area contributed by atoms with Gasteiger partial charge in [-0.1, -0.05) is 61.9 Å². The highest BCUT2D eigenvalue weighted by Crippen LogP contribution is 2.29. The van der Waals surface area contributed by atoms with Crippen molar-refractivity contribution in [3.05, 3.63) is 81.5 Å². The summed E-state index contributed by atoms with van der Waals surface area (Å²) in [7, 11) is 0. The maximum Gasteiger partial charge on any atom is 0.257 e. The van der Waals surface area contributed by atoms with Gasteiger partial charge in [0.25, 0.3) is 5.56 Å². The van der Waals surface area contributed by atoms with E-state index in [4.69, 9.17) is 5.73 Å². The minimum Gasteiger partial charge on any atom is -0.369 e. The van der Waals surface area contributed by atoms with Gasteiger partial charge in [-0.3, -0.25) is 14.2 Å². The van der Waals surface area contributed by atoms with Crippen molar-refractivity contribution in [2.45, 2.75) is 46.1 Å². The molecule has 9 nitrogen and oxygen atoms in total. The lowest BCUT2D eigenvalue weighted by molar-refractivity contribution is -0.117. The Balaban J connectivity index is 1.68. The number of unbranched alkanes of at least 4 members (excludes halogenated alkanes) is 1. The number of aryl methyl sites for hydroxylation is 2. The number of nitrogens with zero attached hydrogens (tertiary/aromatic N) is 5. The molecule has 3 N–H and O–H groups in total. The summed E-state index contributed by atoms with van der Waals surface area (Å²) in [6.07, 6.45) is 2.50. The Labute approximate surface area is 197 Å². The number of primary amides is 1. The normalized spacial score (nSPS) is 11.0. The van der Waals surface area contributed by atoms with Gasteiger partial charge in [0.2, 0.25) is 5.91 Å². The molecule has 2 aromatic carbocycles. The molecule has 0 radical (unpaired) electrons. The molecule has 34 heavy (non-hydrogen) atoms. The summed E-state index contributed by atoms with van der Waals surface area (Å²) < 4.78 is 1.67. The number of carbonyl (C=O) groups is 1. The van der Waals surface area contributed by atoms with Gasteiger partial charge in [0.1, 0.15) is 5.82 Å². The molecule has 9 heteroatoms. The maximum absolute atomic E-state index is 13.3. The number of rotatable bonds is 9. The molecule has 0 aliphatic carbocycles. The molecule has 4 aromatic rings. The van der Waals surface area contributed by atoms with Gasteiger partial charge in [0.05, 0.1) is 13.0 Å². The number of carbonyl (C=O) groups excluding carboxylic acids is 1. The third-order valence-electron chi connectivity index (χ3n) is 5.79. The van der Waals surface area contributed by atoms with E-state index in [1.807, 2.05) is 48.5 Å². The molecular weight excluding hydrogens is 430 g/mol. The predicted molar refractivity (Wildman–Crippen MR) is 129 cm³/mol. The van der Waals surface area contributed by atoms with Crippen LogP contribution in [0.5, 0.6) is 0 Å². The Bertz CT molecular complexity index is 1340. The summed E-state index contributed by atoms with van der Waals surface area (Å²) >= 11 is 0. The van der Waals surface area contributed by atoms with Gasteiger partial charge in [-0.2, -0.15) is 0 Å². The molecule has 0 fully saturated rings.